The van der Waals surface area contributed by atoms with E-state index in [2.05, 4.69) is 20.6 Å². The smallest absolute Gasteiger partial charge is 0.255 e. The van der Waals surface area contributed by atoms with Crippen LogP contribution < -0.4 is 14.8 Å². The van der Waals surface area contributed by atoms with Gasteiger partial charge in [0.25, 0.3) is 5.91 Å². The van der Waals surface area contributed by atoms with Crippen LogP contribution in [0.2, 0.25) is 0 Å². The molecule has 0 bridgehead atoms. The van der Waals surface area contributed by atoms with Gasteiger partial charge < -0.3 is 14.8 Å². The van der Waals surface area contributed by atoms with Crippen LogP contribution in [0.3, 0.4) is 0 Å². The lowest BCUT2D eigenvalue weighted by Crippen LogP contribution is -2.23. The lowest BCUT2D eigenvalue weighted by Gasteiger charge is -2.10. The highest BCUT2D eigenvalue weighted by Gasteiger charge is 2.18. The standard InChI is InChI=1S/C24H23N5O3/c1-3-21-20(16-26-29(21)22-12-13-23(31-2)28-27-22)24(30)25-15-17-8-7-11-19(14-17)32-18-9-5-4-6-10-18/h4-14,16H,3,15H2,1-2H3,(H,25,30). The van der Waals surface area contributed by atoms with E-state index in [9.17, 15) is 4.79 Å². The average Bonchev–Trinajstić information content (AvgIpc) is 3.28. The summed E-state index contributed by atoms with van der Waals surface area (Å²) in [5.74, 6) is 2.20. The molecule has 0 aliphatic carbocycles. The molecule has 4 rings (SSSR count). The summed E-state index contributed by atoms with van der Waals surface area (Å²) in [6.07, 6.45) is 2.16. The third-order valence-corrected chi connectivity index (χ3v) is 4.83. The minimum atomic E-state index is -0.205. The molecule has 32 heavy (non-hydrogen) atoms. The number of hydrogen-bond acceptors (Lipinski definition) is 6. The molecule has 8 nitrogen and oxygen atoms in total. The van der Waals surface area contributed by atoms with Crippen molar-refractivity contribution in [3.8, 4) is 23.2 Å². The molecule has 2 heterocycles. The Morgan fingerprint density at radius 1 is 1.00 bits per heavy atom. The van der Waals surface area contributed by atoms with Gasteiger partial charge in [-0.2, -0.15) is 5.10 Å². The molecule has 4 aromatic rings. The number of carbonyl (C=O) groups is 1. The molecule has 0 aliphatic heterocycles. The van der Waals surface area contributed by atoms with Gasteiger partial charge in [-0.3, -0.25) is 4.79 Å². The monoisotopic (exact) mass is 429 g/mol. The summed E-state index contributed by atoms with van der Waals surface area (Å²) in [6, 6.07) is 20.6. The summed E-state index contributed by atoms with van der Waals surface area (Å²) in [5, 5.41) is 15.4. The van der Waals surface area contributed by atoms with Crippen LogP contribution in [0.5, 0.6) is 17.4 Å². The van der Waals surface area contributed by atoms with Crippen molar-refractivity contribution in [2.75, 3.05) is 7.11 Å². The summed E-state index contributed by atoms with van der Waals surface area (Å²) < 4.78 is 12.5. The first kappa shape index (κ1) is 21.0. The van der Waals surface area contributed by atoms with Crippen LogP contribution in [-0.4, -0.2) is 33.0 Å². The van der Waals surface area contributed by atoms with Crippen molar-refractivity contribution in [3.05, 3.63) is 89.7 Å². The SMILES string of the molecule is CCc1c(C(=O)NCc2cccc(Oc3ccccc3)c2)cnn1-c1ccc(OC)nn1. The first-order chi connectivity index (χ1) is 15.7. The number of para-hydroxylation sites is 1. The molecule has 0 saturated heterocycles. The third kappa shape index (κ3) is 4.75. The maximum atomic E-state index is 12.9. The molecule has 2 aromatic heterocycles. The Kier molecular flexibility index (Phi) is 6.41. The van der Waals surface area contributed by atoms with E-state index in [1.807, 2.05) is 61.5 Å². The predicted molar refractivity (Wildman–Crippen MR) is 119 cm³/mol. The van der Waals surface area contributed by atoms with Crippen molar-refractivity contribution < 1.29 is 14.3 Å². The van der Waals surface area contributed by atoms with E-state index in [0.717, 1.165) is 17.0 Å². The molecule has 0 saturated carbocycles. The summed E-state index contributed by atoms with van der Waals surface area (Å²) >= 11 is 0. The topological polar surface area (TPSA) is 91.2 Å². The van der Waals surface area contributed by atoms with Gasteiger partial charge in [0.1, 0.15) is 11.5 Å². The zero-order chi connectivity index (χ0) is 22.3. The highest BCUT2D eigenvalue weighted by molar-refractivity contribution is 5.95. The van der Waals surface area contributed by atoms with Gasteiger partial charge in [-0.25, -0.2) is 4.68 Å². The lowest BCUT2D eigenvalue weighted by molar-refractivity contribution is 0.0950. The largest absolute Gasteiger partial charge is 0.480 e. The summed E-state index contributed by atoms with van der Waals surface area (Å²) in [7, 11) is 1.53. The zero-order valence-corrected chi connectivity index (χ0v) is 17.9. The van der Waals surface area contributed by atoms with Crippen LogP contribution in [0.4, 0.5) is 0 Å². The Balaban J connectivity index is 1.45. The molecule has 1 N–H and O–H groups in total. The molecule has 162 valence electrons. The fourth-order valence-corrected chi connectivity index (χ4v) is 3.26. The predicted octanol–water partition coefficient (Wildman–Crippen LogP) is 3.96. The molecule has 8 heteroatoms. The molecule has 0 spiro atoms. The van der Waals surface area contributed by atoms with Crippen LogP contribution in [0.25, 0.3) is 5.82 Å². The second kappa shape index (κ2) is 9.74. The number of amides is 1. The van der Waals surface area contributed by atoms with Crippen molar-refractivity contribution >= 4 is 5.91 Å². The fraction of sp³-hybridized carbons (Fsp3) is 0.167. The minimum Gasteiger partial charge on any atom is -0.480 e. The molecular formula is C24H23N5O3. The van der Waals surface area contributed by atoms with Crippen LogP contribution in [0.1, 0.15) is 28.5 Å². The lowest BCUT2D eigenvalue weighted by atomic mass is 10.1. The number of rotatable bonds is 8. The Morgan fingerprint density at radius 2 is 1.81 bits per heavy atom. The van der Waals surface area contributed by atoms with Crippen molar-refractivity contribution in [1.29, 1.82) is 0 Å². The van der Waals surface area contributed by atoms with Crippen LogP contribution >= 0.6 is 0 Å². The molecule has 0 fully saturated rings. The quantitative estimate of drug-likeness (QED) is 0.456. The maximum absolute atomic E-state index is 12.9. The van der Waals surface area contributed by atoms with Gasteiger partial charge in [0, 0.05) is 12.6 Å². The van der Waals surface area contributed by atoms with Crippen LogP contribution in [0.15, 0.2) is 72.9 Å². The van der Waals surface area contributed by atoms with E-state index in [1.165, 1.54) is 7.11 Å². The van der Waals surface area contributed by atoms with Crippen molar-refractivity contribution in [2.24, 2.45) is 0 Å². The first-order valence-electron chi connectivity index (χ1n) is 10.2. The Hall–Kier alpha value is -4.20. The van der Waals surface area contributed by atoms with Crippen molar-refractivity contribution in [1.82, 2.24) is 25.3 Å². The van der Waals surface area contributed by atoms with Crippen LogP contribution in [0, 0.1) is 0 Å². The van der Waals surface area contributed by atoms with Crippen molar-refractivity contribution in [3.63, 3.8) is 0 Å². The van der Waals surface area contributed by atoms with Gasteiger partial charge in [0.2, 0.25) is 5.88 Å². The normalized spacial score (nSPS) is 10.6. The molecule has 0 radical (unpaired) electrons. The van der Waals surface area contributed by atoms with Gasteiger partial charge in [0.05, 0.1) is 24.6 Å². The minimum absolute atomic E-state index is 0.205. The molecule has 1 amide bonds. The first-order valence-corrected chi connectivity index (χ1v) is 10.2. The van der Waals surface area contributed by atoms with E-state index in [-0.39, 0.29) is 5.91 Å². The molecule has 0 unspecified atom stereocenters. The van der Waals surface area contributed by atoms with Crippen LogP contribution in [-0.2, 0) is 13.0 Å². The van der Waals surface area contributed by atoms with Gasteiger partial charge in [-0.15, -0.1) is 10.2 Å². The maximum Gasteiger partial charge on any atom is 0.255 e. The molecular weight excluding hydrogens is 406 g/mol. The molecule has 0 aliphatic rings. The third-order valence-electron chi connectivity index (χ3n) is 4.83. The zero-order valence-electron chi connectivity index (χ0n) is 17.9. The van der Waals surface area contributed by atoms with Gasteiger partial charge >= 0.3 is 0 Å². The van der Waals surface area contributed by atoms with E-state index in [4.69, 9.17) is 9.47 Å². The number of ether oxygens (including phenoxy) is 2. The number of benzene rings is 2. The second-order valence-corrected chi connectivity index (χ2v) is 6.95. The number of nitrogens with one attached hydrogen (secondary N) is 1. The Bertz CT molecular complexity index is 1190. The van der Waals surface area contributed by atoms with E-state index >= 15 is 0 Å². The average molecular weight is 429 g/mol. The number of carbonyl (C=O) groups excluding carboxylic acids is 1. The van der Waals surface area contributed by atoms with Gasteiger partial charge in [-0.1, -0.05) is 37.3 Å². The van der Waals surface area contributed by atoms with Crippen molar-refractivity contribution in [2.45, 2.75) is 19.9 Å². The second-order valence-electron chi connectivity index (χ2n) is 6.95. The van der Waals surface area contributed by atoms with E-state index in [0.29, 0.717) is 36.0 Å². The van der Waals surface area contributed by atoms with Gasteiger partial charge in [-0.05, 0) is 42.3 Å². The highest BCUT2D eigenvalue weighted by Crippen LogP contribution is 2.22. The van der Waals surface area contributed by atoms with Gasteiger partial charge in [0.15, 0.2) is 5.82 Å². The Labute approximate surface area is 185 Å². The fourth-order valence-electron chi connectivity index (χ4n) is 3.26. The molecule has 0 atom stereocenters. The number of aromatic nitrogens is 4. The van der Waals surface area contributed by atoms with E-state index in [1.54, 1.807) is 23.0 Å². The summed E-state index contributed by atoms with van der Waals surface area (Å²) in [4.78, 5) is 12.9. The number of methoxy groups -OCH3 is 1. The number of hydrogen-bond donors (Lipinski definition) is 1. The highest BCUT2D eigenvalue weighted by atomic mass is 16.5. The Morgan fingerprint density at radius 3 is 2.53 bits per heavy atom. The number of nitrogens with zero attached hydrogens (tertiary/aromatic N) is 4. The van der Waals surface area contributed by atoms with E-state index < -0.39 is 0 Å². The summed E-state index contributed by atoms with van der Waals surface area (Å²) in [5.41, 5.74) is 2.18. The molecule has 2 aromatic carbocycles. The summed E-state index contributed by atoms with van der Waals surface area (Å²) in [6.45, 7) is 2.33.